The van der Waals surface area contributed by atoms with E-state index in [1.54, 1.807) is 6.07 Å². The number of rotatable bonds is 6. The smallest absolute Gasteiger partial charge is 0.343 e. The van der Waals surface area contributed by atoms with Gasteiger partial charge in [-0.05, 0) is 24.6 Å². The van der Waals surface area contributed by atoms with Gasteiger partial charge >= 0.3 is 5.97 Å². The van der Waals surface area contributed by atoms with Gasteiger partial charge in [-0.2, -0.15) is 0 Å². The molecule has 0 radical (unpaired) electrons. The molecule has 0 aliphatic heterocycles. The number of hydrogen-bond acceptors (Lipinski definition) is 5. The Kier molecular flexibility index (Phi) is 4.34. The molecule has 0 atom stereocenters. The lowest BCUT2D eigenvalue weighted by atomic mass is 10.1. The maximum Gasteiger partial charge on any atom is 0.343 e. The fourth-order valence-electron chi connectivity index (χ4n) is 2.03. The largest absolute Gasteiger partial charge is 0.477 e. The Balaban J connectivity index is 2.14. The second kappa shape index (κ2) is 6.19. The van der Waals surface area contributed by atoms with Gasteiger partial charge in [0.05, 0.1) is 11.5 Å². The Hall–Kier alpha value is -2.67. The SMILES string of the molecule is Cc1ccc(CNCc2cccc([N+](=O)[O-])c2C(=O)O)o1. The van der Waals surface area contributed by atoms with Crippen molar-refractivity contribution in [3.63, 3.8) is 0 Å². The number of aromatic carboxylic acids is 1. The van der Waals surface area contributed by atoms with Gasteiger partial charge in [0.2, 0.25) is 0 Å². The third-order valence-corrected chi connectivity index (χ3v) is 2.95. The fourth-order valence-corrected chi connectivity index (χ4v) is 2.03. The zero-order valence-electron chi connectivity index (χ0n) is 11.3. The lowest BCUT2D eigenvalue weighted by Crippen LogP contribution is -2.16. The number of aryl methyl sites for hydroxylation is 1. The van der Waals surface area contributed by atoms with Crippen LogP contribution in [0.15, 0.2) is 34.7 Å². The Morgan fingerprint density at radius 2 is 2.10 bits per heavy atom. The third kappa shape index (κ3) is 3.46. The van der Waals surface area contributed by atoms with Gasteiger partial charge in [0.15, 0.2) is 0 Å². The van der Waals surface area contributed by atoms with Crippen molar-refractivity contribution in [3.8, 4) is 0 Å². The van der Waals surface area contributed by atoms with Crippen molar-refractivity contribution >= 4 is 11.7 Å². The van der Waals surface area contributed by atoms with E-state index < -0.39 is 16.6 Å². The molecule has 1 aromatic carbocycles. The minimum absolute atomic E-state index is 0.197. The van der Waals surface area contributed by atoms with Crippen LogP contribution in [0.1, 0.15) is 27.4 Å². The summed E-state index contributed by atoms with van der Waals surface area (Å²) in [6.45, 7) is 2.44. The maximum atomic E-state index is 11.2. The topological polar surface area (TPSA) is 106 Å². The highest BCUT2D eigenvalue weighted by molar-refractivity contribution is 5.94. The highest BCUT2D eigenvalue weighted by Gasteiger charge is 2.22. The average Bonchev–Trinajstić information content (AvgIpc) is 2.83. The Labute approximate surface area is 120 Å². The number of hydrogen-bond donors (Lipinski definition) is 2. The molecule has 1 heterocycles. The second-order valence-electron chi connectivity index (χ2n) is 4.49. The summed E-state index contributed by atoms with van der Waals surface area (Å²) in [6, 6.07) is 7.85. The number of nitrogens with zero attached hydrogens (tertiary/aromatic N) is 1. The van der Waals surface area contributed by atoms with Crippen LogP contribution in [-0.4, -0.2) is 16.0 Å². The number of nitro benzene ring substituents is 1. The summed E-state index contributed by atoms with van der Waals surface area (Å²) in [4.78, 5) is 21.4. The number of benzene rings is 1. The average molecular weight is 290 g/mol. The van der Waals surface area contributed by atoms with Gasteiger partial charge in [0, 0.05) is 12.6 Å². The number of carbonyl (C=O) groups is 1. The van der Waals surface area contributed by atoms with Crippen molar-refractivity contribution in [1.82, 2.24) is 5.32 Å². The molecular formula is C14H14N2O5. The summed E-state index contributed by atoms with van der Waals surface area (Å²) in [6.07, 6.45) is 0. The van der Waals surface area contributed by atoms with Crippen LogP contribution in [0.2, 0.25) is 0 Å². The molecule has 0 spiro atoms. The van der Waals surface area contributed by atoms with E-state index in [1.165, 1.54) is 12.1 Å². The summed E-state index contributed by atoms with van der Waals surface area (Å²) in [5, 5.41) is 23.1. The molecule has 0 unspecified atom stereocenters. The minimum Gasteiger partial charge on any atom is -0.477 e. The van der Waals surface area contributed by atoms with Crippen molar-refractivity contribution in [2.45, 2.75) is 20.0 Å². The standard InChI is InChI=1S/C14H14N2O5/c1-9-5-6-11(21-9)8-15-7-10-3-2-4-12(16(19)20)13(10)14(17)18/h2-6,15H,7-8H2,1H3,(H,17,18). The highest BCUT2D eigenvalue weighted by Crippen LogP contribution is 2.22. The van der Waals surface area contributed by atoms with Crippen molar-refractivity contribution in [3.05, 3.63) is 63.1 Å². The van der Waals surface area contributed by atoms with Crippen molar-refractivity contribution in [2.75, 3.05) is 0 Å². The summed E-state index contributed by atoms with van der Waals surface area (Å²) in [5.41, 5.74) is -0.332. The molecular weight excluding hydrogens is 276 g/mol. The van der Waals surface area contributed by atoms with Gasteiger partial charge in [-0.1, -0.05) is 12.1 Å². The summed E-state index contributed by atoms with van der Waals surface area (Å²) in [7, 11) is 0. The van der Waals surface area contributed by atoms with Gasteiger partial charge in [-0.25, -0.2) is 4.79 Å². The van der Waals surface area contributed by atoms with E-state index in [1.807, 2.05) is 19.1 Å². The first-order chi connectivity index (χ1) is 9.99. The molecule has 110 valence electrons. The molecule has 2 N–H and O–H groups in total. The first kappa shape index (κ1) is 14.7. The Morgan fingerprint density at radius 3 is 2.67 bits per heavy atom. The molecule has 7 nitrogen and oxygen atoms in total. The molecule has 0 saturated carbocycles. The summed E-state index contributed by atoms with van der Waals surface area (Å²) in [5.74, 6) is 0.191. The van der Waals surface area contributed by atoms with E-state index in [2.05, 4.69) is 5.32 Å². The van der Waals surface area contributed by atoms with E-state index in [4.69, 9.17) is 9.52 Å². The normalized spacial score (nSPS) is 10.5. The van der Waals surface area contributed by atoms with Crippen molar-refractivity contribution in [2.24, 2.45) is 0 Å². The molecule has 1 aromatic heterocycles. The number of nitrogens with one attached hydrogen (secondary N) is 1. The van der Waals surface area contributed by atoms with Gasteiger partial charge in [-0.3, -0.25) is 10.1 Å². The molecule has 2 rings (SSSR count). The van der Waals surface area contributed by atoms with E-state index in [0.717, 1.165) is 11.5 Å². The lowest BCUT2D eigenvalue weighted by molar-refractivity contribution is -0.385. The quantitative estimate of drug-likeness (QED) is 0.625. The molecule has 0 fully saturated rings. The maximum absolute atomic E-state index is 11.2. The van der Waals surface area contributed by atoms with Crippen LogP contribution < -0.4 is 5.32 Å². The van der Waals surface area contributed by atoms with E-state index in [9.17, 15) is 14.9 Å². The predicted octanol–water partition coefficient (Wildman–Crippen LogP) is 2.48. The van der Waals surface area contributed by atoms with Crippen LogP contribution in [0.3, 0.4) is 0 Å². The predicted molar refractivity (Wildman–Crippen MR) is 74.0 cm³/mol. The lowest BCUT2D eigenvalue weighted by Gasteiger charge is -2.07. The molecule has 7 heteroatoms. The van der Waals surface area contributed by atoms with Gasteiger partial charge in [-0.15, -0.1) is 0 Å². The monoisotopic (exact) mass is 290 g/mol. The summed E-state index contributed by atoms with van der Waals surface area (Å²) >= 11 is 0. The van der Waals surface area contributed by atoms with Crippen LogP contribution in [0.25, 0.3) is 0 Å². The van der Waals surface area contributed by atoms with Gasteiger partial charge in [0.25, 0.3) is 5.69 Å². The fraction of sp³-hybridized carbons (Fsp3) is 0.214. The highest BCUT2D eigenvalue weighted by atomic mass is 16.6. The number of furan rings is 1. The Morgan fingerprint density at radius 1 is 1.33 bits per heavy atom. The number of carboxylic acids is 1. The van der Waals surface area contributed by atoms with Crippen LogP contribution in [0.5, 0.6) is 0 Å². The number of carboxylic acid groups (broad SMARTS) is 1. The molecule has 2 aromatic rings. The molecule has 0 saturated heterocycles. The van der Waals surface area contributed by atoms with E-state index in [0.29, 0.717) is 12.1 Å². The van der Waals surface area contributed by atoms with Crippen LogP contribution in [-0.2, 0) is 13.1 Å². The zero-order chi connectivity index (χ0) is 15.4. The zero-order valence-corrected chi connectivity index (χ0v) is 11.3. The third-order valence-electron chi connectivity index (χ3n) is 2.95. The molecule has 0 aliphatic carbocycles. The van der Waals surface area contributed by atoms with Crippen LogP contribution in [0.4, 0.5) is 5.69 Å². The molecule has 0 amide bonds. The van der Waals surface area contributed by atoms with Crippen LogP contribution in [0, 0.1) is 17.0 Å². The second-order valence-corrected chi connectivity index (χ2v) is 4.49. The van der Waals surface area contributed by atoms with Gasteiger partial charge < -0.3 is 14.8 Å². The first-order valence-corrected chi connectivity index (χ1v) is 6.24. The van der Waals surface area contributed by atoms with E-state index >= 15 is 0 Å². The molecule has 21 heavy (non-hydrogen) atoms. The minimum atomic E-state index is -1.31. The van der Waals surface area contributed by atoms with Crippen molar-refractivity contribution < 1.29 is 19.2 Å². The summed E-state index contributed by atoms with van der Waals surface area (Å²) < 4.78 is 5.37. The van der Waals surface area contributed by atoms with Crippen LogP contribution >= 0.6 is 0 Å². The number of nitro groups is 1. The van der Waals surface area contributed by atoms with Gasteiger partial charge in [0.1, 0.15) is 17.1 Å². The van der Waals surface area contributed by atoms with E-state index in [-0.39, 0.29) is 12.1 Å². The molecule has 0 aliphatic rings. The first-order valence-electron chi connectivity index (χ1n) is 6.24. The Bertz CT molecular complexity index is 678. The molecule has 0 bridgehead atoms. The van der Waals surface area contributed by atoms with Crippen molar-refractivity contribution in [1.29, 1.82) is 0 Å².